The number of ether oxygens (including phenoxy) is 2. The molecule has 4 nitrogen and oxygen atoms in total. The van der Waals surface area contributed by atoms with Crippen molar-refractivity contribution in [1.29, 1.82) is 0 Å². The number of rotatable bonds is 5. The van der Waals surface area contributed by atoms with E-state index in [1.165, 1.54) is 0 Å². The average Bonchev–Trinajstić information content (AvgIpc) is 2.96. The Bertz CT molecular complexity index is 489. The molecule has 1 amide bonds. The van der Waals surface area contributed by atoms with Gasteiger partial charge in [-0.3, -0.25) is 4.79 Å². The summed E-state index contributed by atoms with van der Waals surface area (Å²) < 4.78 is 11.1. The Balaban J connectivity index is 1.83. The van der Waals surface area contributed by atoms with Crippen LogP contribution >= 0.6 is 11.6 Å². The highest BCUT2D eigenvalue weighted by Crippen LogP contribution is 2.25. The predicted octanol–water partition coefficient (Wildman–Crippen LogP) is 3.02. The topological polar surface area (TPSA) is 47.6 Å². The first kappa shape index (κ1) is 16.1. The first-order valence-electron chi connectivity index (χ1n) is 7.28. The molecule has 2 rings (SSSR count). The molecule has 116 valence electrons. The lowest BCUT2D eigenvalue weighted by Gasteiger charge is -2.20. The SMILES string of the molecule is Cc1cc(OCC(=O)N[C@@H](C)[C@H]2CCCO2)cc(C)c1Cl. The summed E-state index contributed by atoms with van der Waals surface area (Å²) in [5, 5.41) is 3.65. The van der Waals surface area contributed by atoms with Crippen molar-refractivity contribution in [3.05, 3.63) is 28.3 Å². The molecule has 0 aliphatic carbocycles. The molecular formula is C16H22ClNO3. The molecule has 0 aromatic heterocycles. The average molecular weight is 312 g/mol. The van der Waals surface area contributed by atoms with Crippen LogP contribution in [0.15, 0.2) is 12.1 Å². The lowest BCUT2D eigenvalue weighted by molar-refractivity contribution is -0.124. The summed E-state index contributed by atoms with van der Waals surface area (Å²) in [4.78, 5) is 11.9. The van der Waals surface area contributed by atoms with Gasteiger partial charge in [0.15, 0.2) is 6.61 Å². The fourth-order valence-corrected chi connectivity index (χ4v) is 2.63. The number of halogens is 1. The van der Waals surface area contributed by atoms with Gasteiger partial charge in [-0.2, -0.15) is 0 Å². The molecule has 1 N–H and O–H groups in total. The van der Waals surface area contributed by atoms with E-state index in [0.29, 0.717) is 5.75 Å². The van der Waals surface area contributed by atoms with E-state index < -0.39 is 0 Å². The minimum Gasteiger partial charge on any atom is -0.484 e. The summed E-state index contributed by atoms with van der Waals surface area (Å²) in [6.07, 6.45) is 2.18. The Morgan fingerprint density at radius 3 is 2.71 bits per heavy atom. The van der Waals surface area contributed by atoms with E-state index in [4.69, 9.17) is 21.1 Å². The zero-order chi connectivity index (χ0) is 15.4. The second-order valence-corrected chi connectivity index (χ2v) is 5.95. The Morgan fingerprint density at radius 2 is 2.14 bits per heavy atom. The molecule has 2 atom stereocenters. The molecule has 0 unspecified atom stereocenters. The second kappa shape index (κ2) is 7.14. The highest BCUT2D eigenvalue weighted by molar-refractivity contribution is 6.32. The Kier molecular flexibility index (Phi) is 5.48. The predicted molar refractivity (Wildman–Crippen MR) is 83.0 cm³/mol. The van der Waals surface area contributed by atoms with Crippen molar-refractivity contribution in [2.45, 2.75) is 45.8 Å². The number of benzene rings is 1. The molecule has 0 saturated carbocycles. The molecule has 1 aromatic rings. The van der Waals surface area contributed by atoms with Crippen LogP contribution in [0.25, 0.3) is 0 Å². The zero-order valence-electron chi connectivity index (χ0n) is 12.7. The van der Waals surface area contributed by atoms with Gasteiger partial charge in [0, 0.05) is 11.6 Å². The van der Waals surface area contributed by atoms with Gasteiger partial charge in [0.2, 0.25) is 0 Å². The third-order valence-corrected chi connectivity index (χ3v) is 4.29. The van der Waals surface area contributed by atoms with E-state index in [0.717, 1.165) is 35.6 Å². The van der Waals surface area contributed by atoms with Crippen LogP contribution in [0.5, 0.6) is 5.75 Å². The molecule has 5 heteroatoms. The maximum atomic E-state index is 11.9. The maximum Gasteiger partial charge on any atom is 0.258 e. The number of hydrogen-bond acceptors (Lipinski definition) is 3. The third-order valence-electron chi connectivity index (χ3n) is 3.69. The van der Waals surface area contributed by atoms with Crippen LogP contribution < -0.4 is 10.1 Å². The highest BCUT2D eigenvalue weighted by atomic mass is 35.5. The highest BCUT2D eigenvalue weighted by Gasteiger charge is 2.23. The summed E-state index contributed by atoms with van der Waals surface area (Å²) in [5.41, 5.74) is 1.89. The van der Waals surface area contributed by atoms with Crippen LogP contribution in [0, 0.1) is 13.8 Å². The van der Waals surface area contributed by atoms with Gasteiger partial charge in [0.25, 0.3) is 5.91 Å². The van der Waals surface area contributed by atoms with Crippen molar-refractivity contribution in [2.75, 3.05) is 13.2 Å². The van der Waals surface area contributed by atoms with E-state index in [9.17, 15) is 4.79 Å². The molecule has 1 fully saturated rings. The van der Waals surface area contributed by atoms with Gasteiger partial charge < -0.3 is 14.8 Å². The molecule has 1 aliphatic rings. The minimum atomic E-state index is -0.136. The molecule has 1 aromatic carbocycles. The van der Waals surface area contributed by atoms with Crippen molar-refractivity contribution < 1.29 is 14.3 Å². The van der Waals surface area contributed by atoms with E-state index >= 15 is 0 Å². The van der Waals surface area contributed by atoms with E-state index in [2.05, 4.69) is 5.32 Å². The largest absolute Gasteiger partial charge is 0.484 e. The molecule has 0 radical (unpaired) electrons. The number of aryl methyl sites for hydroxylation is 2. The minimum absolute atomic E-state index is 0.00241. The number of nitrogens with one attached hydrogen (secondary N) is 1. The standard InChI is InChI=1S/C16H22ClNO3/c1-10-7-13(8-11(2)16(10)17)21-9-15(19)18-12(3)14-5-4-6-20-14/h7-8,12,14H,4-6,9H2,1-3H3,(H,18,19)/t12-,14+/m0/s1. The summed E-state index contributed by atoms with van der Waals surface area (Å²) in [5.74, 6) is 0.526. The van der Waals surface area contributed by atoms with Crippen molar-refractivity contribution in [2.24, 2.45) is 0 Å². The number of hydrogen-bond donors (Lipinski definition) is 1. The van der Waals surface area contributed by atoms with E-state index in [1.807, 2.05) is 32.9 Å². The third kappa shape index (κ3) is 4.35. The quantitative estimate of drug-likeness (QED) is 0.909. The molecule has 0 spiro atoms. The zero-order valence-corrected chi connectivity index (χ0v) is 13.5. The van der Waals surface area contributed by atoms with Crippen molar-refractivity contribution >= 4 is 17.5 Å². The van der Waals surface area contributed by atoms with E-state index in [-0.39, 0.29) is 24.7 Å². The van der Waals surface area contributed by atoms with Crippen molar-refractivity contribution in [3.8, 4) is 5.75 Å². The molecule has 1 saturated heterocycles. The lowest BCUT2D eigenvalue weighted by Crippen LogP contribution is -2.42. The molecular weight excluding hydrogens is 290 g/mol. The monoisotopic (exact) mass is 311 g/mol. The normalized spacial score (nSPS) is 19.3. The summed E-state index contributed by atoms with van der Waals surface area (Å²) in [7, 11) is 0. The lowest BCUT2D eigenvalue weighted by atomic mass is 10.1. The summed E-state index contributed by atoms with van der Waals surface area (Å²) in [6, 6.07) is 3.69. The van der Waals surface area contributed by atoms with Gasteiger partial charge in [-0.1, -0.05) is 11.6 Å². The van der Waals surface area contributed by atoms with Crippen LogP contribution in [0.2, 0.25) is 5.02 Å². The van der Waals surface area contributed by atoms with Crippen LogP contribution in [-0.4, -0.2) is 31.3 Å². The molecule has 1 aliphatic heterocycles. The molecule has 1 heterocycles. The van der Waals surface area contributed by atoms with Crippen LogP contribution in [0.3, 0.4) is 0 Å². The van der Waals surface area contributed by atoms with Crippen LogP contribution in [0.1, 0.15) is 30.9 Å². The van der Waals surface area contributed by atoms with Crippen LogP contribution in [0.4, 0.5) is 0 Å². The van der Waals surface area contributed by atoms with E-state index in [1.54, 1.807) is 0 Å². The van der Waals surface area contributed by atoms with Gasteiger partial charge in [0.05, 0.1) is 12.1 Å². The van der Waals surface area contributed by atoms with Gasteiger partial charge >= 0.3 is 0 Å². The fraction of sp³-hybridized carbons (Fsp3) is 0.562. The van der Waals surface area contributed by atoms with Crippen molar-refractivity contribution in [1.82, 2.24) is 5.32 Å². The van der Waals surface area contributed by atoms with Gasteiger partial charge in [-0.15, -0.1) is 0 Å². The van der Waals surface area contributed by atoms with Gasteiger partial charge in [0.1, 0.15) is 5.75 Å². The molecule has 0 bridgehead atoms. The fourth-order valence-electron chi connectivity index (χ4n) is 2.52. The summed E-state index contributed by atoms with van der Waals surface area (Å²) in [6.45, 7) is 6.58. The second-order valence-electron chi connectivity index (χ2n) is 5.57. The van der Waals surface area contributed by atoms with Crippen molar-refractivity contribution in [3.63, 3.8) is 0 Å². The first-order valence-corrected chi connectivity index (χ1v) is 7.65. The van der Waals surface area contributed by atoms with Crippen LogP contribution in [-0.2, 0) is 9.53 Å². The summed E-state index contributed by atoms with van der Waals surface area (Å²) >= 11 is 6.11. The van der Waals surface area contributed by atoms with Gasteiger partial charge in [-0.05, 0) is 56.9 Å². The Hall–Kier alpha value is -1.26. The number of carbonyl (C=O) groups excluding carboxylic acids is 1. The Morgan fingerprint density at radius 1 is 1.48 bits per heavy atom. The van der Waals surface area contributed by atoms with Gasteiger partial charge in [-0.25, -0.2) is 0 Å². The number of amides is 1. The molecule has 21 heavy (non-hydrogen) atoms. The first-order chi connectivity index (χ1) is 9.97. The smallest absolute Gasteiger partial charge is 0.258 e. The maximum absolute atomic E-state index is 11.9. The Labute approximate surface area is 130 Å². The number of carbonyl (C=O) groups is 1.